The summed E-state index contributed by atoms with van der Waals surface area (Å²) < 4.78 is 43.0. The molecule has 0 aliphatic heterocycles. The van der Waals surface area contributed by atoms with Gasteiger partial charge in [-0.25, -0.2) is 9.37 Å². The van der Waals surface area contributed by atoms with Gasteiger partial charge >= 0.3 is 0 Å². The van der Waals surface area contributed by atoms with Crippen LogP contribution >= 0.6 is 0 Å². The Labute approximate surface area is 90.1 Å². The fourth-order valence-electron chi connectivity index (χ4n) is 1.03. The number of sulfonamides is 1. The molecule has 0 aromatic carbocycles. The van der Waals surface area contributed by atoms with Crippen molar-refractivity contribution < 1.29 is 17.3 Å². The zero-order valence-corrected chi connectivity index (χ0v) is 8.61. The molecule has 0 aliphatic rings. The monoisotopic (exact) mass is 243 g/mol. The summed E-state index contributed by atoms with van der Waals surface area (Å²) in [7, 11) is -4.05. The number of hydrogen-bond acceptors (Lipinski definition) is 5. The molecule has 1 N–H and O–H groups in total. The van der Waals surface area contributed by atoms with Crippen LogP contribution in [0.4, 0.5) is 10.1 Å². The molecule has 2 aromatic rings. The highest BCUT2D eigenvalue weighted by Gasteiger charge is 2.20. The molecule has 0 fully saturated rings. The first-order valence-corrected chi connectivity index (χ1v) is 5.60. The summed E-state index contributed by atoms with van der Waals surface area (Å²) in [5.74, 6) is -0.925. The Morgan fingerprint density at radius 3 is 2.88 bits per heavy atom. The van der Waals surface area contributed by atoms with Crippen LogP contribution in [-0.2, 0) is 10.0 Å². The molecular weight excluding hydrogens is 237 g/mol. The van der Waals surface area contributed by atoms with Gasteiger partial charge in [-0.3, -0.25) is 4.72 Å². The van der Waals surface area contributed by atoms with Crippen molar-refractivity contribution in [2.75, 3.05) is 4.72 Å². The van der Waals surface area contributed by atoms with Crippen LogP contribution in [-0.4, -0.2) is 18.6 Å². The van der Waals surface area contributed by atoms with E-state index in [1.165, 1.54) is 12.3 Å². The van der Waals surface area contributed by atoms with Gasteiger partial charge in [0.2, 0.25) is 5.03 Å². The lowest BCUT2D eigenvalue weighted by atomic mass is 10.5. The molecule has 16 heavy (non-hydrogen) atoms. The fraction of sp³-hybridized carbons (Fsp3) is 0. The molecule has 0 aliphatic carbocycles. The predicted octanol–water partition coefficient (Wildman–Crippen LogP) is 1.01. The smallest absolute Gasteiger partial charge is 0.282 e. The standard InChI is InChI=1S/C8H6FN3O3S/c9-7-2-1-3-10-8(7)16(13,14)12-6-4-11-15-5-6/h1-5,12H. The van der Waals surface area contributed by atoms with Crippen molar-refractivity contribution >= 4 is 15.7 Å². The van der Waals surface area contributed by atoms with Gasteiger partial charge < -0.3 is 4.52 Å². The average molecular weight is 243 g/mol. The maximum Gasteiger partial charge on any atom is 0.282 e. The van der Waals surface area contributed by atoms with Crippen LogP contribution in [0.3, 0.4) is 0 Å². The quantitative estimate of drug-likeness (QED) is 0.869. The third-order valence-corrected chi connectivity index (χ3v) is 2.98. The Kier molecular flexibility index (Phi) is 2.57. The highest BCUT2D eigenvalue weighted by Crippen LogP contribution is 2.15. The number of nitrogens with zero attached hydrogens (tertiary/aromatic N) is 2. The lowest BCUT2D eigenvalue weighted by molar-refractivity contribution is 0.420. The maximum atomic E-state index is 13.2. The van der Waals surface area contributed by atoms with E-state index in [0.29, 0.717) is 0 Å². The molecule has 84 valence electrons. The van der Waals surface area contributed by atoms with Crippen molar-refractivity contribution in [3.8, 4) is 0 Å². The van der Waals surface area contributed by atoms with Gasteiger partial charge in [0, 0.05) is 6.20 Å². The lowest BCUT2D eigenvalue weighted by Crippen LogP contribution is -2.15. The van der Waals surface area contributed by atoms with Crippen molar-refractivity contribution in [3.63, 3.8) is 0 Å². The number of halogens is 1. The number of anilines is 1. The fourth-order valence-corrected chi connectivity index (χ4v) is 2.06. The second-order valence-corrected chi connectivity index (χ2v) is 4.41. The molecule has 0 amide bonds. The van der Waals surface area contributed by atoms with Crippen LogP contribution in [0.1, 0.15) is 0 Å². The summed E-state index contributed by atoms with van der Waals surface area (Å²) in [5, 5.41) is 2.64. The Bertz CT molecular complexity index is 582. The van der Waals surface area contributed by atoms with Crippen LogP contribution in [0.15, 0.2) is 40.3 Å². The molecular formula is C8H6FN3O3S. The lowest BCUT2D eigenvalue weighted by Gasteiger charge is -2.04. The van der Waals surface area contributed by atoms with Crippen molar-refractivity contribution in [2.45, 2.75) is 5.03 Å². The highest BCUT2D eigenvalue weighted by molar-refractivity contribution is 7.92. The van der Waals surface area contributed by atoms with E-state index in [1.54, 1.807) is 0 Å². The summed E-state index contributed by atoms with van der Waals surface area (Å²) in [6.07, 6.45) is 3.42. The molecule has 0 bridgehead atoms. The van der Waals surface area contributed by atoms with Gasteiger partial charge in [-0.15, -0.1) is 0 Å². The van der Waals surface area contributed by atoms with Crippen molar-refractivity contribution in [3.05, 3.63) is 36.6 Å². The highest BCUT2D eigenvalue weighted by atomic mass is 32.2. The van der Waals surface area contributed by atoms with Crippen molar-refractivity contribution in [1.29, 1.82) is 0 Å². The molecule has 8 heteroatoms. The van der Waals surface area contributed by atoms with Crippen LogP contribution in [0.25, 0.3) is 0 Å². The number of pyridine rings is 1. The zero-order valence-electron chi connectivity index (χ0n) is 7.79. The first-order chi connectivity index (χ1) is 7.59. The Morgan fingerprint density at radius 1 is 1.44 bits per heavy atom. The second-order valence-electron chi connectivity index (χ2n) is 2.81. The molecule has 6 nitrogen and oxygen atoms in total. The molecule has 0 saturated heterocycles. The zero-order chi connectivity index (χ0) is 11.6. The SMILES string of the molecule is O=S(=O)(Nc1cnoc1)c1ncccc1F. The van der Waals surface area contributed by atoms with E-state index < -0.39 is 20.9 Å². The second kappa shape index (κ2) is 3.89. The number of nitrogens with one attached hydrogen (secondary N) is 1. The van der Waals surface area contributed by atoms with Gasteiger partial charge in [0.1, 0.15) is 12.0 Å². The molecule has 2 heterocycles. The molecule has 0 spiro atoms. The van der Waals surface area contributed by atoms with Gasteiger partial charge in [0.15, 0.2) is 5.82 Å². The van der Waals surface area contributed by atoms with Crippen LogP contribution in [0, 0.1) is 5.82 Å². The minimum absolute atomic E-state index is 0.102. The first-order valence-electron chi connectivity index (χ1n) is 4.12. The number of aromatic nitrogens is 2. The van der Waals surface area contributed by atoms with Gasteiger partial charge in [0.05, 0.1) is 6.20 Å². The van der Waals surface area contributed by atoms with Crippen LogP contribution in [0.5, 0.6) is 0 Å². The topological polar surface area (TPSA) is 85.1 Å². The van der Waals surface area contributed by atoms with Crippen molar-refractivity contribution in [1.82, 2.24) is 10.1 Å². The first kappa shape index (κ1) is 10.6. The minimum Gasteiger partial charge on any atom is -0.362 e. The predicted molar refractivity (Wildman–Crippen MR) is 51.5 cm³/mol. The summed E-state index contributed by atoms with van der Waals surface area (Å²) in [6.45, 7) is 0. The molecule has 2 aromatic heterocycles. The summed E-state index contributed by atoms with van der Waals surface area (Å²) in [5.41, 5.74) is 0.102. The van der Waals surface area contributed by atoms with E-state index >= 15 is 0 Å². The van der Waals surface area contributed by atoms with E-state index in [4.69, 9.17) is 0 Å². The maximum absolute atomic E-state index is 13.2. The number of rotatable bonds is 3. The Hall–Kier alpha value is -1.96. The molecule has 0 atom stereocenters. The largest absolute Gasteiger partial charge is 0.362 e. The van der Waals surface area contributed by atoms with Gasteiger partial charge in [0.25, 0.3) is 10.0 Å². The minimum atomic E-state index is -4.05. The third-order valence-electron chi connectivity index (χ3n) is 1.66. The van der Waals surface area contributed by atoms with Crippen LogP contribution in [0.2, 0.25) is 0 Å². The normalized spacial score (nSPS) is 11.3. The summed E-state index contributed by atoms with van der Waals surface area (Å²) in [4.78, 5) is 3.45. The Morgan fingerprint density at radius 2 is 2.25 bits per heavy atom. The van der Waals surface area contributed by atoms with E-state index in [2.05, 4.69) is 19.4 Å². The summed E-state index contributed by atoms with van der Waals surface area (Å²) in [6, 6.07) is 2.31. The average Bonchev–Trinajstić information content (AvgIpc) is 2.70. The number of hydrogen-bond donors (Lipinski definition) is 1. The summed E-state index contributed by atoms with van der Waals surface area (Å²) >= 11 is 0. The van der Waals surface area contributed by atoms with Gasteiger partial charge in [-0.2, -0.15) is 8.42 Å². The molecule has 0 saturated carbocycles. The molecule has 0 radical (unpaired) electrons. The van der Waals surface area contributed by atoms with Gasteiger partial charge in [-0.1, -0.05) is 5.16 Å². The van der Waals surface area contributed by atoms with E-state index in [1.807, 2.05) is 0 Å². The van der Waals surface area contributed by atoms with Crippen LogP contribution < -0.4 is 4.72 Å². The molecule has 0 unspecified atom stereocenters. The van der Waals surface area contributed by atoms with E-state index in [-0.39, 0.29) is 5.69 Å². The molecule has 2 rings (SSSR count). The van der Waals surface area contributed by atoms with Gasteiger partial charge in [-0.05, 0) is 12.1 Å². The van der Waals surface area contributed by atoms with E-state index in [9.17, 15) is 12.8 Å². The van der Waals surface area contributed by atoms with E-state index in [0.717, 1.165) is 18.5 Å². The Balaban J connectivity index is 2.37. The third kappa shape index (κ3) is 2.01. The van der Waals surface area contributed by atoms with Crippen molar-refractivity contribution in [2.24, 2.45) is 0 Å².